The zero-order valence-electron chi connectivity index (χ0n) is 17.1. The van der Waals surface area contributed by atoms with Crippen LogP contribution in [0.4, 0.5) is 18.9 Å². The molecule has 0 atom stereocenters. The molecule has 0 aliphatic rings. The first kappa shape index (κ1) is 22.0. The molecule has 0 unspecified atom stereocenters. The van der Waals surface area contributed by atoms with Crippen molar-refractivity contribution in [1.29, 1.82) is 0 Å². The van der Waals surface area contributed by atoms with Crippen molar-refractivity contribution in [2.75, 3.05) is 25.0 Å². The summed E-state index contributed by atoms with van der Waals surface area (Å²) in [5.74, 6) is 0.228. The van der Waals surface area contributed by atoms with Gasteiger partial charge in [-0.1, -0.05) is 25.5 Å². The van der Waals surface area contributed by atoms with Crippen molar-refractivity contribution in [2.45, 2.75) is 38.9 Å². The minimum Gasteiger partial charge on any atom is -0.484 e. The van der Waals surface area contributed by atoms with Crippen LogP contribution in [0.1, 0.15) is 30.9 Å². The molecule has 0 aliphatic heterocycles. The van der Waals surface area contributed by atoms with E-state index in [1.165, 1.54) is 17.0 Å². The van der Waals surface area contributed by atoms with E-state index >= 15 is 0 Å². The van der Waals surface area contributed by atoms with E-state index in [9.17, 15) is 13.2 Å². The Labute approximate surface area is 174 Å². The molecule has 30 heavy (non-hydrogen) atoms. The number of fused-ring (bicyclic) bond motifs is 1. The summed E-state index contributed by atoms with van der Waals surface area (Å²) in [7, 11) is 0. The van der Waals surface area contributed by atoms with Gasteiger partial charge in [-0.3, -0.25) is 0 Å². The molecular weight excluding hydrogens is 391 g/mol. The third-order valence-electron chi connectivity index (χ3n) is 4.83. The van der Waals surface area contributed by atoms with Gasteiger partial charge < -0.3 is 20.4 Å². The van der Waals surface area contributed by atoms with Crippen LogP contribution in [-0.4, -0.2) is 30.9 Å². The quantitative estimate of drug-likeness (QED) is 0.352. The normalized spacial score (nSPS) is 11.7. The van der Waals surface area contributed by atoms with Gasteiger partial charge in [0.1, 0.15) is 5.75 Å². The molecule has 1 heterocycles. The molecule has 3 aromatic rings. The molecule has 0 radical (unpaired) electrons. The second-order valence-electron chi connectivity index (χ2n) is 7.33. The second kappa shape index (κ2) is 10.4. The van der Waals surface area contributed by atoms with E-state index < -0.39 is 12.8 Å². The highest BCUT2D eigenvalue weighted by atomic mass is 19.4. The lowest BCUT2D eigenvalue weighted by Gasteiger charge is -2.11. The summed E-state index contributed by atoms with van der Waals surface area (Å²) < 4.78 is 41.7. The van der Waals surface area contributed by atoms with E-state index in [0.717, 1.165) is 49.1 Å². The van der Waals surface area contributed by atoms with E-state index in [4.69, 9.17) is 4.74 Å². The van der Waals surface area contributed by atoms with Crippen molar-refractivity contribution in [3.63, 3.8) is 0 Å². The molecule has 0 aliphatic carbocycles. The third kappa shape index (κ3) is 6.69. The van der Waals surface area contributed by atoms with E-state index in [-0.39, 0.29) is 5.75 Å². The number of nitrogens with one attached hydrogen (secondary N) is 3. The molecule has 7 heteroatoms. The second-order valence-corrected chi connectivity index (χ2v) is 7.33. The molecule has 0 saturated heterocycles. The molecule has 1 aromatic heterocycles. The molecule has 0 fully saturated rings. The van der Waals surface area contributed by atoms with E-state index in [1.54, 1.807) is 12.1 Å². The van der Waals surface area contributed by atoms with Crippen LogP contribution in [0.25, 0.3) is 10.9 Å². The van der Waals surface area contributed by atoms with Gasteiger partial charge in [0.05, 0.1) is 0 Å². The van der Waals surface area contributed by atoms with Crippen molar-refractivity contribution in [1.82, 2.24) is 10.3 Å². The Bertz CT molecular complexity index is 937. The highest BCUT2D eigenvalue weighted by molar-refractivity contribution is 5.86. The summed E-state index contributed by atoms with van der Waals surface area (Å²) in [6.07, 6.45) is 0.855. The van der Waals surface area contributed by atoms with E-state index in [2.05, 4.69) is 40.7 Å². The highest BCUT2D eigenvalue weighted by Crippen LogP contribution is 2.23. The number of aromatic nitrogens is 1. The first-order valence-corrected chi connectivity index (χ1v) is 10.3. The molecule has 162 valence electrons. The Balaban J connectivity index is 1.50. The van der Waals surface area contributed by atoms with Gasteiger partial charge in [0.2, 0.25) is 0 Å². The summed E-state index contributed by atoms with van der Waals surface area (Å²) in [5, 5.41) is 8.02. The average Bonchev–Trinajstić information content (AvgIpc) is 3.12. The van der Waals surface area contributed by atoms with Crippen molar-refractivity contribution in [3.8, 4) is 5.75 Å². The summed E-state index contributed by atoms with van der Waals surface area (Å²) in [5.41, 5.74) is 4.36. The number of hydrogen-bond acceptors (Lipinski definition) is 3. The fourth-order valence-corrected chi connectivity index (χ4v) is 3.27. The number of rotatable bonds is 11. The molecule has 3 N–H and O–H groups in total. The smallest absolute Gasteiger partial charge is 0.422 e. The molecule has 0 amide bonds. The fraction of sp³-hybridized carbons (Fsp3) is 0.391. The summed E-state index contributed by atoms with van der Waals surface area (Å²) in [4.78, 5) is 3.31. The lowest BCUT2D eigenvalue weighted by atomic mass is 10.1. The van der Waals surface area contributed by atoms with Crippen LogP contribution < -0.4 is 15.4 Å². The summed E-state index contributed by atoms with van der Waals surface area (Å²) in [6, 6.07) is 13.1. The molecule has 2 aromatic carbocycles. The Hall–Kier alpha value is -2.67. The van der Waals surface area contributed by atoms with Crippen molar-refractivity contribution < 1.29 is 17.9 Å². The van der Waals surface area contributed by atoms with Gasteiger partial charge in [-0.15, -0.1) is 0 Å². The van der Waals surface area contributed by atoms with Crippen LogP contribution in [0.5, 0.6) is 5.75 Å². The topological polar surface area (TPSA) is 49.1 Å². The zero-order chi connectivity index (χ0) is 21.4. The molecule has 3 rings (SSSR count). The maximum Gasteiger partial charge on any atom is 0.422 e. The predicted octanol–water partition coefficient (Wildman–Crippen LogP) is 5.65. The highest BCUT2D eigenvalue weighted by Gasteiger charge is 2.28. The number of anilines is 1. The molecule has 4 nitrogen and oxygen atoms in total. The maximum absolute atomic E-state index is 12.3. The number of unbranched alkanes of at least 4 members (excludes halogenated alkanes) is 1. The van der Waals surface area contributed by atoms with Crippen LogP contribution in [0.15, 0.2) is 48.7 Å². The lowest BCUT2D eigenvalue weighted by molar-refractivity contribution is -0.153. The molecule has 0 spiro atoms. The summed E-state index contributed by atoms with van der Waals surface area (Å²) >= 11 is 0. The van der Waals surface area contributed by atoms with Crippen molar-refractivity contribution in [3.05, 3.63) is 59.8 Å². The van der Waals surface area contributed by atoms with Crippen LogP contribution >= 0.6 is 0 Å². The minimum atomic E-state index is -4.33. The van der Waals surface area contributed by atoms with Gasteiger partial charge >= 0.3 is 6.18 Å². The van der Waals surface area contributed by atoms with Gasteiger partial charge in [0, 0.05) is 35.9 Å². The van der Waals surface area contributed by atoms with Gasteiger partial charge in [0.25, 0.3) is 0 Å². The summed E-state index contributed by atoms with van der Waals surface area (Å²) in [6.45, 7) is 3.19. The van der Waals surface area contributed by atoms with E-state index in [1.807, 2.05) is 12.3 Å². The number of alkyl halides is 3. The zero-order valence-corrected chi connectivity index (χ0v) is 17.1. The van der Waals surface area contributed by atoms with Gasteiger partial charge in [-0.05, 0) is 60.8 Å². The number of halogens is 3. The minimum absolute atomic E-state index is 0.228. The number of benzene rings is 2. The fourth-order valence-electron chi connectivity index (χ4n) is 3.27. The number of ether oxygens (including phenoxy) is 1. The third-order valence-corrected chi connectivity index (χ3v) is 4.83. The van der Waals surface area contributed by atoms with Crippen LogP contribution in [0.2, 0.25) is 0 Å². The predicted molar refractivity (Wildman–Crippen MR) is 115 cm³/mol. The largest absolute Gasteiger partial charge is 0.484 e. The number of hydrogen-bond donors (Lipinski definition) is 3. The SMILES string of the molecule is CCCCNc1ccc2[nH]cc(CCNCc3cccc(OCC(F)(F)F)c3)c2c1. The molecule has 0 saturated carbocycles. The Morgan fingerprint density at radius 1 is 1.07 bits per heavy atom. The van der Waals surface area contributed by atoms with Crippen LogP contribution in [-0.2, 0) is 13.0 Å². The van der Waals surface area contributed by atoms with E-state index in [0.29, 0.717) is 6.54 Å². The van der Waals surface area contributed by atoms with Crippen LogP contribution in [0.3, 0.4) is 0 Å². The number of H-pyrrole nitrogens is 1. The standard InChI is InChI=1S/C23H28F3N3O/c1-2-3-10-28-19-7-8-22-21(13-19)18(15-29-22)9-11-27-14-17-5-4-6-20(12-17)30-16-23(24,25)26/h4-8,12-13,15,27-29H,2-3,9-11,14,16H2,1H3. The lowest BCUT2D eigenvalue weighted by Crippen LogP contribution is -2.19. The maximum atomic E-state index is 12.3. The Morgan fingerprint density at radius 3 is 2.73 bits per heavy atom. The average molecular weight is 419 g/mol. The Morgan fingerprint density at radius 2 is 1.93 bits per heavy atom. The molecular formula is C23H28F3N3O. The van der Waals surface area contributed by atoms with Crippen LogP contribution in [0, 0.1) is 0 Å². The number of aromatic amines is 1. The van der Waals surface area contributed by atoms with Gasteiger partial charge in [-0.25, -0.2) is 0 Å². The van der Waals surface area contributed by atoms with Crippen molar-refractivity contribution in [2.24, 2.45) is 0 Å². The van der Waals surface area contributed by atoms with Gasteiger partial charge in [-0.2, -0.15) is 13.2 Å². The first-order chi connectivity index (χ1) is 14.4. The Kier molecular flexibility index (Phi) is 7.63. The van der Waals surface area contributed by atoms with Gasteiger partial charge in [0.15, 0.2) is 6.61 Å². The van der Waals surface area contributed by atoms with Crippen molar-refractivity contribution >= 4 is 16.6 Å². The molecule has 0 bridgehead atoms. The first-order valence-electron chi connectivity index (χ1n) is 10.3. The monoisotopic (exact) mass is 419 g/mol.